The summed E-state index contributed by atoms with van der Waals surface area (Å²) in [4.78, 5) is 2.50. The summed E-state index contributed by atoms with van der Waals surface area (Å²) < 4.78 is 2.41. The number of anilines is 3. The van der Waals surface area contributed by atoms with Crippen LogP contribution in [0.3, 0.4) is 0 Å². The summed E-state index contributed by atoms with van der Waals surface area (Å²) in [5.41, 5.74) is 25.4. The van der Waals surface area contributed by atoms with Crippen LogP contribution in [0.2, 0.25) is 0 Å². The molecule has 0 amide bonds. The van der Waals surface area contributed by atoms with Crippen LogP contribution < -0.4 is 4.90 Å². The minimum atomic E-state index is -0.598. The Bertz CT molecular complexity index is 5320. The van der Waals surface area contributed by atoms with Crippen molar-refractivity contribution in [3.8, 4) is 50.2 Å². The van der Waals surface area contributed by atoms with Gasteiger partial charge in [-0.25, -0.2) is 0 Å². The van der Waals surface area contributed by atoms with Gasteiger partial charge >= 0.3 is 0 Å². The molecule has 2 aliphatic rings. The number of hydrogen-bond donors (Lipinski definition) is 0. The van der Waals surface area contributed by atoms with Crippen LogP contribution in [0.15, 0.2) is 352 Å². The normalized spacial score (nSPS) is 13.3. The van der Waals surface area contributed by atoms with E-state index in [2.05, 4.69) is 361 Å². The second kappa shape index (κ2) is 20.5. The van der Waals surface area contributed by atoms with Crippen LogP contribution in [-0.2, 0) is 10.8 Å². The number of hydrogen-bond acceptors (Lipinski definition) is 1. The van der Waals surface area contributed by atoms with Crippen molar-refractivity contribution >= 4 is 60.4 Å². The van der Waals surface area contributed by atoms with Crippen LogP contribution in [0, 0.1) is 0 Å². The van der Waals surface area contributed by atoms with Gasteiger partial charge in [0, 0.05) is 33.2 Å². The van der Waals surface area contributed by atoms with Gasteiger partial charge < -0.3 is 9.47 Å². The van der Waals surface area contributed by atoms with E-state index in [-0.39, 0.29) is 0 Å². The highest BCUT2D eigenvalue weighted by molar-refractivity contribution is 6.25. The van der Waals surface area contributed by atoms with Crippen LogP contribution in [0.4, 0.5) is 17.1 Å². The van der Waals surface area contributed by atoms with E-state index in [0.29, 0.717) is 0 Å². The molecule has 0 unspecified atom stereocenters. The van der Waals surface area contributed by atoms with E-state index in [9.17, 15) is 0 Å². The molecule has 2 aliphatic carbocycles. The minimum Gasteiger partial charge on any atom is -0.310 e. The van der Waals surface area contributed by atoms with Crippen molar-refractivity contribution in [1.82, 2.24) is 4.57 Å². The van der Waals surface area contributed by atoms with Crippen molar-refractivity contribution in [2.24, 2.45) is 0 Å². The number of rotatable bonds is 10. The molecule has 0 saturated carbocycles. The molecule has 2 nitrogen and oxygen atoms in total. The third-order valence-electron chi connectivity index (χ3n) is 19.7. The average molecular weight is 1140 g/mol. The molecule has 90 heavy (non-hydrogen) atoms. The summed E-state index contributed by atoms with van der Waals surface area (Å²) in [5.74, 6) is 0. The maximum Gasteiger partial charge on any atom is 0.0713 e. The Balaban J connectivity index is 0.943. The molecule has 18 rings (SSSR count). The lowest BCUT2D eigenvalue weighted by Gasteiger charge is -2.34. The van der Waals surface area contributed by atoms with Crippen molar-refractivity contribution in [3.05, 3.63) is 396 Å². The molecule has 1 heterocycles. The largest absolute Gasteiger partial charge is 0.310 e. The first kappa shape index (κ1) is 51.6. The van der Waals surface area contributed by atoms with Gasteiger partial charge in [0.1, 0.15) is 0 Å². The molecule has 2 heteroatoms. The molecule has 0 radical (unpaired) electrons. The van der Waals surface area contributed by atoms with Crippen LogP contribution in [-0.4, -0.2) is 4.57 Å². The highest BCUT2D eigenvalue weighted by atomic mass is 15.1. The van der Waals surface area contributed by atoms with Gasteiger partial charge in [0.15, 0.2) is 0 Å². The van der Waals surface area contributed by atoms with Crippen molar-refractivity contribution < 1.29 is 0 Å². The molecule has 16 aromatic rings. The summed E-state index contributed by atoms with van der Waals surface area (Å²) in [5, 5.41) is 7.21. The summed E-state index contributed by atoms with van der Waals surface area (Å²) >= 11 is 0. The van der Waals surface area contributed by atoms with Gasteiger partial charge in [-0.05, 0) is 172 Å². The first-order valence-electron chi connectivity index (χ1n) is 31.3. The van der Waals surface area contributed by atoms with Crippen LogP contribution in [0.5, 0.6) is 0 Å². The Morgan fingerprint density at radius 2 is 0.611 bits per heavy atom. The summed E-state index contributed by atoms with van der Waals surface area (Å²) in [6, 6.07) is 132. The van der Waals surface area contributed by atoms with E-state index in [0.717, 1.165) is 28.3 Å². The molecule has 0 fully saturated rings. The van der Waals surface area contributed by atoms with Gasteiger partial charge in [-0.3, -0.25) is 0 Å². The summed E-state index contributed by atoms with van der Waals surface area (Å²) in [6.45, 7) is 0. The fraction of sp³-hybridized carbons (Fsp3) is 0.0227. The smallest absolute Gasteiger partial charge is 0.0713 e. The topological polar surface area (TPSA) is 8.17 Å². The molecule has 420 valence electrons. The first-order valence-corrected chi connectivity index (χ1v) is 31.3. The highest BCUT2D eigenvalue weighted by Crippen LogP contribution is 2.60. The molecule has 0 atom stereocenters. The number of nitrogens with zero attached hydrogens (tertiary/aromatic N) is 2. The van der Waals surface area contributed by atoms with Crippen molar-refractivity contribution in [1.29, 1.82) is 0 Å². The van der Waals surface area contributed by atoms with Gasteiger partial charge in [-0.1, -0.05) is 285 Å². The Morgan fingerprint density at radius 1 is 0.244 bits per heavy atom. The Kier molecular flexibility index (Phi) is 11.8. The van der Waals surface area contributed by atoms with E-state index in [1.165, 1.54) is 127 Å². The quantitative estimate of drug-likeness (QED) is 0.124. The monoisotopic (exact) mass is 1140 g/mol. The fourth-order valence-electron chi connectivity index (χ4n) is 16.2. The van der Waals surface area contributed by atoms with E-state index in [1.54, 1.807) is 0 Å². The average Bonchev–Trinajstić information content (AvgIpc) is 1.46. The zero-order chi connectivity index (χ0) is 59.3. The first-order chi connectivity index (χ1) is 44.7. The Hall–Kier alpha value is -11.6. The van der Waals surface area contributed by atoms with E-state index < -0.39 is 10.8 Å². The van der Waals surface area contributed by atoms with Crippen molar-refractivity contribution in [2.75, 3.05) is 4.90 Å². The predicted octanol–water partition coefficient (Wildman–Crippen LogP) is 22.6. The SMILES string of the molecule is c1ccc(N(c2ccc(-n3c4ccccc4c4ccccc43)cc2)c2cccc3c(-c4ccc5c(c4)C(c4ccccc4)(c4ccccc4)c4ccccc4-5)c4ccccc4c(-c4ccc5c(c4)C(c4ccccc4)(c4ccccc4)c4ccccc4-5)c23)cc1. The zero-order valence-electron chi connectivity index (χ0n) is 49.4. The third-order valence-corrected chi connectivity index (χ3v) is 19.7. The van der Waals surface area contributed by atoms with Crippen LogP contribution in [0.25, 0.3) is 93.5 Å². The van der Waals surface area contributed by atoms with E-state index in [1.807, 2.05) is 0 Å². The minimum absolute atomic E-state index is 0.581. The second-order valence-corrected chi connectivity index (χ2v) is 24.1. The van der Waals surface area contributed by atoms with Gasteiger partial charge in [0.2, 0.25) is 0 Å². The highest BCUT2D eigenvalue weighted by Gasteiger charge is 2.48. The molecular formula is C88H58N2. The lowest BCUT2D eigenvalue weighted by Crippen LogP contribution is -2.28. The fourth-order valence-corrected chi connectivity index (χ4v) is 16.2. The molecule has 0 spiro atoms. The molecular weight excluding hydrogens is 1080 g/mol. The molecule has 0 saturated heterocycles. The lowest BCUT2D eigenvalue weighted by atomic mass is 9.67. The second-order valence-electron chi connectivity index (χ2n) is 24.1. The molecule has 0 aliphatic heterocycles. The molecule has 0 N–H and O–H groups in total. The summed E-state index contributed by atoms with van der Waals surface area (Å²) in [6.07, 6.45) is 0. The lowest BCUT2D eigenvalue weighted by molar-refractivity contribution is 0.769. The van der Waals surface area contributed by atoms with Crippen LogP contribution >= 0.6 is 0 Å². The van der Waals surface area contributed by atoms with E-state index in [4.69, 9.17) is 0 Å². The van der Waals surface area contributed by atoms with Crippen LogP contribution in [0.1, 0.15) is 44.5 Å². The Labute approximate surface area is 524 Å². The number of fused-ring (bicyclic) bond motifs is 11. The predicted molar refractivity (Wildman–Crippen MR) is 376 cm³/mol. The Morgan fingerprint density at radius 3 is 1.10 bits per heavy atom. The molecule has 15 aromatic carbocycles. The molecule has 0 bridgehead atoms. The standard InChI is InChI=1S/C88H58N2/c1-6-27-61(28-7-1)87(62-29-8-2-9-30-62)77-44-22-18-37-68(77)70-55-49-59(57-79(70)87)84-74-41-16-17-42-75(74)85(60-50-56-71-69-38-19-23-45-78(69)88(80(71)58-60,63-31-10-3-11-32-63)64-33-12-4-13-34-64)86-76(84)43-26-48-83(86)89(65-35-14-5-15-36-65)66-51-53-67(54-52-66)90-81-46-24-20-39-72(81)73-40-21-25-47-82(73)90/h1-58H. The van der Waals surface area contributed by atoms with Gasteiger partial charge in [-0.15, -0.1) is 0 Å². The number of benzene rings is 15. The van der Waals surface area contributed by atoms with Crippen molar-refractivity contribution in [2.45, 2.75) is 10.8 Å². The summed E-state index contributed by atoms with van der Waals surface area (Å²) in [7, 11) is 0. The number of para-hydroxylation sites is 3. The van der Waals surface area contributed by atoms with Gasteiger partial charge in [0.05, 0.1) is 27.6 Å². The zero-order valence-corrected chi connectivity index (χ0v) is 49.4. The van der Waals surface area contributed by atoms with Crippen molar-refractivity contribution in [3.63, 3.8) is 0 Å². The molecule has 1 aromatic heterocycles. The third kappa shape index (κ3) is 7.46. The van der Waals surface area contributed by atoms with E-state index >= 15 is 0 Å². The maximum atomic E-state index is 2.56. The number of aromatic nitrogens is 1. The van der Waals surface area contributed by atoms with Gasteiger partial charge in [0.25, 0.3) is 0 Å². The van der Waals surface area contributed by atoms with Gasteiger partial charge in [-0.2, -0.15) is 0 Å². The maximum absolute atomic E-state index is 2.56.